The average Bonchev–Trinajstić information content (AvgIpc) is 3.09. The van der Waals surface area contributed by atoms with Gasteiger partial charge in [-0.25, -0.2) is 0 Å². The summed E-state index contributed by atoms with van der Waals surface area (Å²) in [7, 11) is 1.42. The first-order chi connectivity index (χ1) is 15.8. The molecular formula is C25H17ClN2O5. The summed E-state index contributed by atoms with van der Waals surface area (Å²) in [6.07, 6.45) is 0. The fourth-order valence-electron chi connectivity index (χ4n) is 3.77. The lowest BCUT2D eigenvalue weighted by Crippen LogP contribution is -2.29. The van der Waals surface area contributed by atoms with E-state index in [-0.39, 0.29) is 22.6 Å². The Labute approximate surface area is 194 Å². The number of nitrogens with zero attached hydrogens (tertiary/aromatic N) is 2. The molecule has 0 spiro atoms. The molecule has 3 aromatic carbocycles. The lowest BCUT2D eigenvalue weighted by Gasteiger charge is -2.25. The number of aliphatic hydroxyl groups excluding tert-OH is 1. The van der Waals surface area contributed by atoms with Crippen molar-refractivity contribution in [2.24, 2.45) is 0 Å². The van der Waals surface area contributed by atoms with Crippen LogP contribution in [0.2, 0.25) is 5.02 Å². The van der Waals surface area contributed by atoms with E-state index in [4.69, 9.17) is 21.6 Å². The van der Waals surface area contributed by atoms with E-state index in [1.54, 1.807) is 24.3 Å². The van der Waals surface area contributed by atoms with Gasteiger partial charge >= 0.3 is 0 Å². The minimum atomic E-state index is -1.02. The summed E-state index contributed by atoms with van der Waals surface area (Å²) in [4.78, 5) is 27.5. The Morgan fingerprint density at radius 1 is 1.09 bits per heavy atom. The van der Waals surface area contributed by atoms with Crippen LogP contribution in [0.15, 0.2) is 72.3 Å². The van der Waals surface area contributed by atoms with Crippen LogP contribution in [0.5, 0.6) is 11.5 Å². The average molecular weight is 461 g/mol. The molecular weight excluding hydrogens is 444 g/mol. The van der Waals surface area contributed by atoms with Crippen molar-refractivity contribution in [3.63, 3.8) is 0 Å². The lowest BCUT2D eigenvalue weighted by molar-refractivity contribution is -0.132. The van der Waals surface area contributed by atoms with Crippen LogP contribution in [-0.2, 0) is 9.59 Å². The number of Topliss-reactive ketones (excluding diaryl/α,β-unsaturated/α-hetero) is 1. The first-order valence-corrected chi connectivity index (χ1v) is 10.2. The number of anilines is 1. The molecule has 1 unspecified atom stereocenters. The van der Waals surface area contributed by atoms with E-state index in [0.717, 1.165) is 0 Å². The summed E-state index contributed by atoms with van der Waals surface area (Å²) < 4.78 is 5.20. The molecule has 3 aromatic rings. The van der Waals surface area contributed by atoms with Crippen LogP contribution in [0.1, 0.15) is 22.7 Å². The summed E-state index contributed by atoms with van der Waals surface area (Å²) in [5.41, 5.74) is 1.24. The van der Waals surface area contributed by atoms with Gasteiger partial charge in [-0.2, -0.15) is 5.26 Å². The Hall–Kier alpha value is -4.28. The number of phenolic OH excluding ortho intramolecular Hbond substituents is 1. The summed E-state index contributed by atoms with van der Waals surface area (Å²) in [5.74, 6) is -1.93. The number of aromatic hydroxyl groups is 1. The number of ketones is 1. The molecule has 1 amide bonds. The predicted octanol–water partition coefficient (Wildman–Crippen LogP) is 4.55. The highest BCUT2D eigenvalue weighted by Crippen LogP contribution is 2.43. The second kappa shape index (κ2) is 8.69. The number of ether oxygens (including phenoxy) is 1. The Morgan fingerprint density at radius 2 is 1.82 bits per heavy atom. The van der Waals surface area contributed by atoms with Crippen LogP contribution in [0.25, 0.3) is 5.76 Å². The van der Waals surface area contributed by atoms with Gasteiger partial charge in [-0.05, 0) is 60.2 Å². The summed E-state index contributed by atoms with van der Waals surface area (Å²) in [6.45, 7) is 0. The number of methoxy groups -OCH3 is 1. The van der Waals surface area contributed by atoms with Gasteiger partial charge in [0, 0.05) is 11.3 Å². The molecule has 1 saturated heterocycles. The van der Waals surface area contributed by atoms with E-state index in [0.29, 0.717) is 21.8 Å². The molecule has 1 atom stereocenters. The summed E-state index contributed by atoms with van der Waals surface area (Å²) in [5, 5.41) is 30.6. The maximum absolute atomic E-state index is 13.1. The van der Waals surface area contributed by atoms with Crippen molar-refractivity contribution in [2.45, 2.75) is 6.04 Å². The predicted molar refractivity (Wildman–Crippen MR) is 122 cm³/mol. The van der Waals surface area contributed by atoms with Gasteiger partial charge in [0.1, 0.15) is 17.3 Å². The molecule has 0 aliphatic carbocycles. The molecule has 0 saturated carbocycles. The molecule has 0 bridgehead atoms. The number of rotatable bonds is 4. The number of halogens is 1. The normalized spacial score (nSPS) is 17.1. The van der Waals surface area contributed by atoms with Crippen molar-refractivity contribution in [2.75, 3.05) is 12.0 Å². The number of aliphatic hydroxyl groups is 1. The lowest BCUT2D eigenvalue weighted by atomic mass is 9.95. The Morgan fingerprint density at radius 3 is 2.45 bits per heavy atom. The van der Waals surface area contributed by atoms with Gasteiger partial charge in [0.2, 0.25) is 0 Å². The van der Waals surface area contributed by atoms with Crippen LogP contribution in [0.3, 0.4) is 0 Å². The van der Waals surface area contributed by atoms with Crippen LogP contribution in [-0.4, -0.2) is 29.0 Å². The number of hydrogen-bond acceptors (Lipinski definition) is 6. The van der Waals surface area contributed by atoms with E-state index in [1.165, 1.54) is 54.5 Å². The third kappa shape index (κ3) is 3.88. The van der Waals surface area contributed by atoms with E-state index in [2.05, 4.69) is 0 Å². The highest BCUT2D eigenvalue weighted by Gasteiger charge is 2.47. The molecule has 7 nitrogen and oxygen atoms in total. The van der Waals surface area contributed by atoms with Crippen LogP contribution in [0.4, 0.5) is 5.69 Å². The molecule has 164 valence electrons. The summed E-state index contributed by atoms with van der Waals surface area (Å²) in [6, 6.07) is 17.7. The zero-order chi connectivity index (χ0) is 23.7. The van der Waals surface area contributed by atoms with Crippen LogP contribution >= 0.6 is 11.6 Å². The van der Waals surface area contributed by atoms with Gasteiger partial charge in [0.05, 0.1) is 35.4 Å². The molecule has 8 heteroatoms. The van der Waals surface area contributed by atoms with Crippen molar-refractivity contribution in [3.05, 3.63) is 94.0 Å². The van der Waals surface area contributed by atoms with Gasteiger partial charge in [-0.3, -0.25) is 14.5 Å². The maximum atomic E-state index is 13.1. The number of hydrogen-bond donors (Lipinski definition) is 2. The first-order valence-electron chi connectivity index (χ1n) is 9.79. The maximum Gasteiger partial charge on any atom is 0.300 e. The van der Waals surface area contributed by atoms with Crippen molar-refractivity contribution in [1.82, 2.24) is 0 Å². The number of carbonyl (C=O) groups is 2. The van der Waals surface area contributed by atoms with E-state index in [1.807, 2.05) is 6.07 Å². The van der Waals surface area contributed by atoms with Gasteiger partial charge in [-0.1, -0.05) is 23.7 Å². The molecule has 4 rings (SSSR count). The van der Waals surface area contributed by atoms with Crippen LogP contribution < -0.4 is 9.64 Å². The quantitative estimate of drug-likeness (QED) is 0.335. The minimum absolute atomic E-state index is 0.0638. The number of carbonyl (C=O) groups excluding carboxylic acids is 2. The van der Waals surface area contributed by atoms with E-state index < -0.39 is 23.5 Å². The topological polar surface area (TPSA) is 111 Å². The van der Waals surface area contributed by atoms with Crippen molar-refractivity contribution in [3.8, 4) is 17.6 Å². The molecule has 1 aliphatic rings. The Balaban J connectivity index is 1.95. The van der Waals surface area contributed by atoms with Crippen molar-refractivity contribution < 1.29 is 24.5 Å². The third-order valence-electron chi connectivity index (χ3n) is 5.33. The molecule has 2 N–H and O–H groups in total. The first kappa shape index (κ1) is 21.9. The summed E-state index contributed by atoms with van der Waals surface area (Å²) >= 11 is 6.08. The minimum Gasteiger partial charge on any atom is -0.508 e. The molecule has 1 heterocycles. The smallest absolute Gasteiger partial charge is 0.300 e. The van der Waals surface area contributed by atoms with Gasteiger partial charge in [0.25, 0.3) is 11.7 Å². The number of phenols is 1. The molecule has 0 radical (unpaired) electrons. The van der Waals surface area contributed by atoms with E-state index >= 15 is 0 Å². The van der Waals surface area contributed by atoms with E-state index in [9.17, 15) is 19.8 Å². The second-order valence-corrected chi connectivity index (χ2v) is 7.68. The Bertz CT molecular complexity index is 1340. The van der Waals surface area contributed by atoms with Crippen molar-refractivity contribution in [1.29, 1.82) is 5.26 Å². The zero-order valence-electron chi connectivity index (χ0n) is 17.3. The molecule has 1 fully saturated rings. The largest absolute Gasteiger partial charge is 0.508 e. The third-order valence-corrected chi connectivity index (χ3v) is 5.64. The molecule has 0 aromatic heterocycles. The number of amides is 1. The fourth-order valence-corrected chi connectivity index (χ4v) is 3.96. The number of nitriles is 1. The zero-order valence-corrected chi connectivity index (χ0v) is 18.1. The highest BCUT2D eigenvalue weighted by molar-refractivity contribution is 6.51. The van der Waals surface area contributed by atoms with Gasteiger partial charge < -0.3 is 14.9 Å². The monoisotopic (exact) mass is 460 g/mol. The fraction of sp³-hybridized carbons (Fsp3) is 0.0800. The number of benzene rings is 3. The SMILES string of the molecule is COc1cc(/C(O)=C2/C(=O)C(=O)N(c3ccc(C#N)cc3)C2c2cccc(O)c2)ccc1Cl. The Kier molecular flexibility index (Phi) is 5.78. The van der Waals surface area contributed by atoms with Crippen LogP contribution in [0, 0.1) is 11.3 Å². The van der Waals surface area contributed by atoms with Crippen molar-refractivity contribution >= 4 is 34.7 Å². The molecule has 33 heavy (non-hydrogen) atoms. The van der Waals surface area contributed by atoms with Gasteiger partial charge in [-0.15, -0.1) is 0 Å². The second-order valence-electron chi connectivity index (χ2n) is 7.27. The highest BCUT2D eigenvalue weighted by atomic mass is 35.5. The molecule has 1 aliphatic heterocycles. The van der Waals surface area contributed by atoms with Gasteiger partial charge in [0.15, 0.2) is 0 Å². The standard InChI is InChI=1S/C25H17ClN2O5/c1-33-20-12-16(7-10-19(20)26)23(30)21-22(15-3-2-4-18(29)11-15)28(25(32)24(21)31)17-8-5-14(13-27)6-9-17/h2-12,22,29-30H,1H3/b23-21-.